The highest BCUT2D eigenvalue weighted by Gasteiger charge is 2.38. The van der Waals surface area contributed by atoms with Gasteiger partial charge in [0.2, 0.25) is 0 Å². The molecule has 4 N–H and O–H groups in total. The SMILES string of the molecule is CC(C)(C(=O)O)C(N)C(=O)O. The van der Waals surface area contributed by atoms with Gasteiger partial charge in [0.05, 0.1) is 5.41 Å². The average molecular weight is 161 g/mol. The highest BCUT2D eigenvalue weighted by Crippen LogP contribution is 2.18. The highest BCUT2D eigenvalue weighted by atomic mass is 16.4. The van der Waals surface area contributed by atoms with E-state index >= 15 is 0 Å². The molecule has 0 heterocycles. The zero-order valence-electron chi connectivity index (χ0n) is 6.37. The minimum Gasteiger partial charge on any atom is -0.481 e. The van der Waals surface area contributed by atoms with Crippen LogP contribution >= 0.6 is 0 Å². The van der Waals surface area contributed by atoms with Crippen LogP contribution in [0, 0.1) is 5.41 Å². The third kappa shape index (κ3) is 1.91. The Labute approximate surface area is 63.8 Å². The first-order chi connectivity index (χ1) is 4.80. The molecule has 0 rings (SSSR count). The summed E-state index contributed by atoms with van der Waals surface area (Å²) in [6.45, 7) is 2.54. The van der Waals surface area contributed by atoms with Crippen LogP contribution in [0.15, 0.2) is 0 Å². The fraction of sp³-hybridized carbons (Fsp3) is 0.667. The molecule has 1 unspecified atom stereocenters. The van der Waals surface area contributed by atoms with Gasteiger partial charge in [-0.05, 0) is 13.8 Å². The van der Waals surface area contributed by atoms with Crippen molar-refractivity contribution in [3.05, 3.63) is 0 Å². The third-order valence-electron chi connectivity index (χ3n) is 1.59. The lowest BCUT2D eigenvalue weighted by Crippen LogP contribution is -2.48. The van der Waals surface area contributed by atoms with Crippen LogP contribution in [0.1, 0.15) is 13.8 Å². The van der Waals surface area contributed by atoms with Crippen LogP contribution in [0.4, 0.5) is 0 Å². The van der Waals surface area contributed by atoms with E-state index in [-0.39, 0.29) is 0 Å². The molecule has 0 aliphatic rings. The summed E-state index contributed by atoms with van der Waals surface area (Å²) in [6, 6.07) is -1.38. The Morgan fingerprint density at radius 2 is 1.73 bits per heavy atom. The van der Waals surface area contributed by atoms with Crippen molar-refractivity contribution < 1.29 is 19.8 Å². The summed E-state index contributed by atoms with van der Waals surface area (Å²) in [5.74, 6) is -2.52. The summed E-state index contributed by atoms with van der Waals surface area (Å²) in [5, 5.41) is 16.9. The predicted octanol–water partition coefficient (Wildman–Crippen LogP) is -0.491. The minimum absolute atomic E-state index is 1.22. The van der Waals surface area contributed by atoms with Crippen molar-refractivity contribution in [3.8, 4) is 0 Å². The van der Waals surface area contributed by atoms with Gasteiger partial charge in [0.25, 0.3) is 0 Å². The number of aliphatic carboxylic acids is 2. The molecule has 0 spiro atoms. The van der Waals surface area contributed by atoms with Crippen molar-refractivity contribution in [2.45, 2.75) is 19.9 Å². The Balaban J connectivity index is 4.55. The van der Waals surface area contributed by atoms with Crippen LogP contribution in [-0.4, -0.2) is 28.2 Å². The zero-order chi connectivity index (χ0) is 9.23. The molecule has 0 amide bonds. The van der Waals surface area contributed by atoms with Crippen molar-refractivity contribution in [2.24, 2.45) is 11.1 Å². The molecule has 0 fully saturated rings. The standard InChI is InChI=1S/C6H11NO4/c1-6(2,5(10)11)3(7)4(8)9/h3H,7H2,1-2H3,(H,8,9)(H,10,11). The van der Waals surface area contributed by atoms with Crippen LogP contribution in [0.5, 0.6) is 0 Å². The monoisotopic (exact) mass is 161 g/mol. The Kier molecular flexibility index (Phi) is 2.59. The maximum atomic E-state index is 10.4. The summed E-state index contributed by atoms with van der Waals surface area (Å²) in [4.78, 5) is 20.7. The lowest BCUT2D eigenvalue weighted by atomic mass is 9.85. The molecule has 11 heavy (non-hydrogen) atoms. The Morgan fingerprint density at radius 1 is 1.36 bits per heavy atom. The van der Waals surface area contributed by atoms with Crippen LogP contribution in [0.3, 0.4) is 0 Å². The Morgan fingerprint density at radius 3 is 1.82 bits per heavy atom. The first kappa shape index (κ1) is 9.90. The van der Waals surface area contributed by atoms with E-state index in [0.29, 0.717) is 0 Å². The van der Waals surface area contributed by atoms with E-state index in [9.17, 15) is 9.59 Å². The van der Waals surface area contributed by atoms with Crippen molar-refractivity contribution in [1.82, 2.24) is 0 Å². The predicted molar refractivity (Wildman–Crippen MR) is 37.0 cm³/mol. The summed E-state index contributed by atoms with van der Waals surface area (Å²) < 4.78 is 0. The molecular weight excluding hydrogens is 150 g/mol. The smallest absolute Gasteiger partial charge is 0.321 e. The molecule has 0 saturated heterocycles. The van der Waals surface area contributed by atoms with E-state index in [0.717, 1.165) is 0 Å². The van der Waals surface area contributed by atoms with Crippen LogP contribution in [0.25, 0.3) is 0 Å². The largest absolute Gasteiger partial charge is 0.481 e. The summed E-state index contributed by atoms with van der Waals surface area (Å²) >= 11 is 0. The number of carboxylic acids is 2. The van der Waals surface area contributed by atoms with Gasteiger partial charge in [0.1, 0.15) is 6.04 Å². The normalized spacial score (nSPS) is 14.1. The average Bonchev–Trinajstić information content (AvgIpc) is 1.85. The zero-order valence-corrected chi connectivity index (χ0v) is 6.37. The maximum Gasteiger partial charge on any atom is 0.321 e. The molecule has 0 aliphatic heterocycles. The van der Waals surface area contributed by atoms with E-state index in [1.54, 1.807) is 0 Å². The molecule has 0 aromatic heterocycles. The number of carboxylic acid groups (broad SMARTS) is 2. The van der Waals surface area contributed by atoms with E-state index in [1.165, 1.54) is 13.8 Å². The van der Waals surface area contributed by atoms with Gasteiger partial charge in [-0.2, -0.15) is 0 Å². The molecule has 1 atom stereocenters. The van der Waals surface area contributed by atoms with E-state index < -0.39 is 23.4 Å². The van der Waals surface area contributed by atoms with Crippen LogP contribution in [0.2, 0.25) is 0 Å². The molecule has 0 bridgehead atoms. The van der Waals surface area contributed by atoms with Crippen molar-refractivity contribution in [2.75, 3.05) is 0 Å². The summed E-state index contributed by atoms with van der Waals surface area (Å²) in [6.07, 6.45) is 0. The van der Waals surface area contributed by atoms with Crippen molar-refractivity contribution in [3.63, 3.8) is 0 Å². The molecule has 0 aliphatic carbocycles. The van der Waals surface area contributed by atoms with Gasteiger partial charge < -0.3 is 15.9 Å². The van der Waals surface area contributed by atoms with E-state index in [2.05, 4.69) is 0 Å². The van der Waals surface area contributed by atoms with Crippen LogP contribution in [-0.2, 0) is 9.59 Å². The van der Waals surface area contributed by atoms with Crippen molar-refractivity contribution >= 4 is 11.9 Å². The van der Waals surface area contributed by atoms with Gasteiger partial charge in [0, 0.05) is 0 Å². The second-order valence-corrected chi connectivity index (χ2v) is 2.84. The second kappa shape index (κ2) is 2.87. The van der Waals surface area contributed by atoms with E-state index in [1.807, 2.05) is 0 Å². The number of hydrogen-bond donors (Lipinski definition) is 3. The molecular formula is C6H11NO4. The second-order valence-electron chi connectivity index (χ2n) is 2.84. The minimum atomic E-state index is -1.42. The van der Waals surface area contributed by atoms with E-state index in [4.69, 9.17) is 15.9 Å². The molecule has 5 nitrogen and oxygen atoms in total. The third-order valence-corrected chi connectivity index (χ3v) is 1.59. The first-order valence-electron chi connectivity index (χ1n) is 3.02. The van der Waals surface area contributed by atoms with Gasteiger partial charge in [-0.15, -0.1) is 0 Å². The fourth-order valence-electron chi connectivity index (χ4n) is 0.442. The number of carbonyl (C=O) groups is 2. The molecule has 0 aromatic carbocycles. The Bertz CT molecular complexity index is 187. The van der Waals surface area contributed by atoms with Gasteiger partial charge in [-0.3, -0.25) is 9.59 Å². The molecule has 64 valence electrons. The molecule has 0 aromatic rings. The quantitative estimate of drug-likeness (QED) is 0.518. The molecule has 0 saturated carbocycles. The molecule has 5 heteroatoms. The van der Waals surface area contributed by atoms with Gasteiger partial charge in [0.15, 0.2) is 0 Å². The number of hydrogen-bond acceptors (Lipinski definition) is 3. The lowest BCUT2D eigenvalue weighted by Gasteiger charge is -2.22. The van der Waals surface area contributed by atoms with Gasteiger partial charge in [-0.1, -0.05) is 0 Å². The van der Waals surface area contributed by atoms with Gasteiger partial charge >= 0.3 is 11.9 Å². The summed E-state index contributed by atoms with van der Waals surface area (Å²) in [5.41, 5.74) is 3.69. The number of rotatable bonds is 3. The van der Waals surface area contributed by atoms with Crippen LogP contribution < -0.4 is 5.73 Å². The summed E-state index contributed by atoms with van der Waals surface area (Å²) in [7, 11) is 0. The fourth-order valence-corrected chi connectivity index (χ4v) is 0.442. The lowest BCUT2D eigenvalue weighted by molar-refractivity contribution is -0.155. The Hall–Kier alpha value is -1.10. The van der Waals surface area contributed by atoms with Gasteiger partial charge in [-0.25, -0.2) is 0 Å². The molecule has 0 radical (unpaired) electrons. The highest BCUT2D eigenvalue weighted by molar-refractivity contribution is 5.85. The number of nitrogens with two attached hydrogens (primary N) is 1. The van der Waals surface area contributed by atoms with Crippen molar-refractivity contribution in [1.29, 1.82) is 0 Å². The first-order valence-corrected chi connectivity index (χ1v) is 3.02. The maximum absolute atomic E-state index is 10.4. The topological polar surface area (TPSA) is 101 Å².